The lowest BCUT2D eigenvalue weighted by Gasteiger charge is -2.44. The van der Waals surface area contributed by atoms with Gasteiger partial charge in [0.15, 0.2) is 24.6 Å². The van der Waals surface area contributed by atoms with Crippen molar-refractivity contribution >= 4 is 23.9 Å². The number of esters is 4. The largest absolute Gasteiger partial charge is 0.463 e. The molecule has 1 aliphatic rings. The Morgan fingerprint density at radius 2 is 1.45 bits per heavy atom. The summed E-state index contributed by atoms with van der Waals surface area (Å²) in [4.78, 5) is 46.0. The van der Waals surface area contributed by atoms with E-state index in [-0.39, 0.29) is 13.2 Å². The highest BCUT2D eigenvalue weighted by Crippen LogP contribution is 2.30. The van der Waals surface area contributed by atoms with Gasteiger partial charge in [-0.3, -0.25) is 19.2 Å². The first kappa shape index (κ1) is 24.5. The van der Waals surface area contributed by atoms with Crippen LogP contribution in [-0.4, -0.2) is 79.0 Å². The maximum Gasteiger partial charge on any atom is 0.303 e. The Hall–Kier alpha value is -2.50. The van der Waals surface area contributed by atoms with Crippen LogP contribution in [0.5, 0.6) is 0 Å². The van der Waals surface area contributed by atoms with Crippen LogP contribution in [-0.2, 0) is 47.6 Å². The molecule has 0 saturated carbocycles. The summed E-state index contributed by atoms with van der Waals surface area (Å²) < 4.78 is 31.7. The predicted molar refractivity (Wildman–Crippen MR) is 94.1 cm³/mol. The zero-order valence-corrected chi connectivity index (χ0v) is 16.7. The molecule has 0 aliphatic carbocycles. The van der Waals surface area contributed by atoms with E-state index in [0.29, 0.717) is 0 Å². The number of aliphatic hydroxyl groups excluding tert-OH is 1. The van der Waals surface area contributed by atoms with Gasteiger partial charge in [0.25, 0.3) is 0 Å². The fraction of sp³-hybridized carbons (Fsp3) is 0.667. The van der Waals surface area contributed by atoms with Crippen LogP contribution in [0, 0.1) is 0 Å². The van der Waals surface area contributed by atoms with Gasteiger partial charge in [-0.2, -0.15) is 0 Å². The van der Waals surface area contributed by atoms with Gasteiger partial charge >= 0.3 is 23.9 Å². The fourth-order valence-electron chi connectivity index (χ4n) is 2.58. The van der Waals surface area contributed by atoms with Gasteiger partial charge in [-0.25, -0.2) is 0 Å². The maximum atomic E-state index is 11.6. The molecule has 0 amide bonds. The van der Waals surface area contributed by atoms with Crippen molar-refractivity contribution in [3.8, 4) is 0 Å². The second-order valence-corrected chi connectivity index (χ2v) is 6.20. The molecule has 0 aromatic heterocycles. The van der Waals surface area contributed by atoms with Crippen LogP contribution in [0.2, 0.25) is 0 Å². The molecule has 0 aromatic carbocycles. The third kappa shape index (κ3) is 8.18. The Labute approximate surface area is 167 Å². The Morgan fingerprint density at radius 3 is 1.93 bits per heavy atom. The van der Waals surface area contributed by atoms with Crippen molar-refractivity contribution in [2.45, 2.75) is 64.5 Å². The van der Waals surface area contributed by atoms with Crippen molar-refractivity contribution in [3.63, 3.8) is 0 Å². The highest BCUT2D eigenvalue weighted by molar-refractivity contribution is 5.68. The van der Waals surface area contributed by atoms with Crippen molar-refractivity contribution in [2.75, 3.05) is 13.2 Å². The van der Waals surface area contributed by atoms with Gasteiger partial charge in [0, 0.05) is 27.7 Å². The molecule has 0 radical (unpaired) electrons. The number of carbonyl (C=O) groups is 4. The summed E-state index contributed by atoms with van der Waals surface area (Å²) >= 11 is 0. The van der Waals surface area contributed by atoms with Crippen molar-refractivity contribution in [1.29, 1.82) is 0 Å². The Balaban J connectivity index is 3.26. The van der Waals surface area contributed by atoms with E-state index in [1.807, 2.05) is 0 Å². The minimum Gasteiger partial charge on any atom is -0.463 e. The topological polar surface area (TPSA) is 144 Å². The molecule has 1 rings (SSSR count). The third-order valence-corrected chi connectivity index (χ3v) is 3.65. The van der Waals surface area contributed by atoms with Gasteiger partial charge in [-0.1, -0.05) is 6.08 Å². The lowest BCUT2D eigenvalue weighted by atomic mass is 9.98. The van der Waals surface area contributed by atoms with Crippen molar-refractivity contribution in [2.24, 2.45) is 0 Å². The summed E-state index contributed by atoms with van der Waals surface area (Å²) in [5.41, 5.74) is 0. The first-order valence-corrected chi connectivity index (χ1v) is 8.77. The monoisotopic (exact) mass is 418 g/mol. The molecule has 0 spiro atoms. The lowest BCUT2D eigenvalue weighted by Crippen LogP contribution is -2.63. The van der Waals surface area contributed by atoms with Gasteiger partial charge < -0.3 is 33.5 Å². The molecule has 11 heteroatoms. The molecule has 0 bridgehead atoms. The molecule has 0 aromatic rings. The van der Waals surface area contributed by atoms with Crippen LogP contribution >= 0.6 is 0 Å². The molecular formula is C18H26O11. The quantitative estimate of drug-likeness (QED) is 0.297. The second kappa shape index (κ2) is 11.5. The highest BCUT2D eigenvalue weighted by Gasteiger charge is 2.52. The molecule has 1 fully saturated rings. The summed E-state index contributed by atoms with van der Waals surface area (Å²) in [5.74, 6) is -2.84. The van der Waals surface area contributed by atoms with Gasteiger partial charge in [0.2, 0.25) is 0 Å². The highest BCUT2D eigenvalue weighted by atomic mass is 16.7. The Kier molecular flexibility index (Phi) is 9.72. The fourth-order valence-corrected chi connectivity index (χ4v) is 2.58. The van der Waals surface area contributed by atoms with E-state index in [4.69, 9.17) is 28.4 Å². The zero-order chi connectivity index (χ0) is 22.1. The first-order valence-electron chi connectivity index (χ1n) is 8.77. The molecule has 164 valence electrons. The summed E-state index contributed by atoms with van der Waals surface area (Å²) in [6.45, 7) is 7.30. The van der Waals surface area contributed by atoms with E-state index < -0.39 is 60.7 Å². The van der Waals surface area contributed by atoms with Crippen LogP contribution in [0.4, 0.5) is 0 Å². The third-order valence-electron chi connectivity index (χ3n) is 3.65. The minimum atomic E-state index is -1.33. The molecule has 1 heterocycles. The number of aliphatic hydroxyl groups is 1. The van der Waals surface area contributed by atoms with E-state index in [0.717, 1.165) is 20.8 Å². The molecule has 1 aliphatic heterocycles. The van der Waals surface area contributed by atoms with Gasteiger partial charge in [-0.05, 0) is 0 Å². The number of carbonyl (C=O) groups excluding carboxylic acids is 4. The number of rotatable bonds is 9. The molecular weight excluding hydrogens is 392 g/mol. The molecule has 1 N–H and O–H groups in total. The van der Waals surface area contributed by atoms with E-state index in [2.05, 4.69) is 6.58 Å². The maximum absolute atomic E-state index is 11.6. The van der Waals surface area contributed by atoms with E-state index in [1.54, 1.807) is 0 Å². The minimum absolute atomic E-state index is 0.281. The van der Waals surface area contributed by atoms with E-state index in [1.165, 1.54) is 13.0 Å². The number of ether oxygens (including phenoxy) is 6. The Morgan fingerprint density at radius 1 is 0.931 bits per heavy atom. The Bertz CT molecular complexity index is 617. The summed E-state index contributed by atoms with van der Waals surface area (Å²) in [7, 11) is 0. The summed E-state index contributed by atoms with van der Waals surface area (Å²) in [5, 5.41) is 9.65. The van der Waals surface area contributed by atoms with Crippen LogP contribution in [0.15, 0.2) is 12.7 Å². The average molecular weight is 418 g/mol. The normalized spacial score (nSPS) is 27.3. The SMILES string of the molecule is C=C[C@H](O)CO[C@@H]1O[C@H](COC(C)=O)[C@@H](OC(C)=O)[C@H](OC(C)=O)[C@H]1OC(C)=O. The van der Waals surface area contributed by atoms with Crippen LogP contribution < -0.4 is 0 Å². The summed E-state index contributed by atoms with van der Waals surface area (Å²) in [6, 6.07) is 0. The molecule has 1 saturated heterocycles. The van der Waals surface area contributed by atoms with E-state index in [9.17, 15) is 24.3 Å². The molecule has 6 atom stereocenters. The van der Waals surface area contributed by atoms with Gasteiger partial charge in [0.05, 0.1) is 12.7 Å². The zero-order valence-electron chi connectivity index (χ0n) is 16.7. The standard InChI is InChI=1S/C18H26O11/c1-6-13(23)7-25-18-17(28-12(5)22)16(27-11(4)21)15(26-10(3)20)14(29-18)8-24-9(2)19/h6,13-18,23H,1,7-8H2,2-5H3/t13-,14+,15+,16-,17+,18+/m0/s1. The number of hydrogen-bond donors (Lipinski definition) is 1. The average Bonchev–Trinajstić information content (AvgIpc) is 2.60. The molecule has 11 nitrogen and oxygen atoms in total. The van der Waals surface area contributed by atoms with Crippen molar-refractivity contribution in [1.82, 2.24) is 0 Å². The van der Waals surface area contributed by atoms with Crippen LogP contribution in [0.3, 0.4) is 0 Å². The molecule has 29 heavy (non-hydrogen) atoms. The number of hydrogen-bond acceptors (Lipinski definition) is 11. The van der Waals surface area contributed by atoms with Crippen LogP contribution in [0.1, 0.15) is 27.7 Å². The smallest absolute Gasteiger partial charge is 0.303 e. The van der Waals surface area contributed by atoms with Crippen molar-refractivity contribution < 1.29 is 52.7 Å². The van der Waals surface area contributed by atoms with Crippen LogP contribution in [0.25, 0.3) is 0 Å². The molecule has 0 unspecified atom stereocenters. The second-order valence-electron chi connectivity index (χ2n) is 6.20. The first-order chi connectivity index (χ1) is 13.5. The van der Waals surface area contributed by atoms with E-state index >= 15 is 0 Å². The lowest BCUT2D eigenvalue weighted by molar-refractivity contribution is -0.310. The summed E-state index contributed by atoms with van der Waals surface area (Å²) in [6.07, 6.45) is -6.18. The van der Waals surface area contributed by atoms with Crippen molar-refractivity contribution in [3.05, 3.63) is 12.7 Å². The predicted octanol–water partition coefficient (Wildman–Crippen LogP) is -0.367. The van der Waals surface area contributed by atoms with Gasteiger partial charge in [-0.15, -0.1) is 6.58 Å². The van der Waals surface area contributed by atoms with Gasteiger partial charge in [0.1, 0.15) is 12.7 Å².